The summed E-state index contributed by atoms with van der Waals surface area (Å²) in [5.74, 6) is 0.786. The summed E-state index contributed by atoms with van der Waals surface area (Å²) in [5.41, 5.74) is 4.70. The average molecular weight is 447 g/mol. The van der Waals surface area contributed by atoms with E-state index in [-0.39, 0.29) is 0 Å². The predicted molar refractivity (Wildman–Crippen MR) is 115 cm³/mol. The zero-order valence-corrected chi connectivity index (χ0v) is 17.2. The van der Waals surface area contributed by atoms with E-state index in [1.165, 1.54) is 0 Å². The van der Waals surface area contributed by atoms with Gasteiger partial charge < -0.3 is 0 Å². The molecule has 0 bridgehead atoms. The van der Waals surface area contributed by atoms with Crippen LogP contribution in [0.15, 0.2) is 88.9 Å². The van der Waals surface area contributed by atoms with E-state index in [0.29, 0.717) is 5.56 Å². The molecule has 6 heteroatoms. The second-order valence-electron chi connectivity index (χ2n) is 6.09. The lowest BCUT2D eigenvalue weighted by Crippen LogP contribution is -1.95. The Morgan fingerprint density at radius 2 is 1.82 bits per heavy atom. The van der Waals surface area contributed by atoms with Gasteiger partial charge in [-0.3, -0.25) is 9.55 Å². The summed E-state index contributed by atoms with van der Waals surface area (Å²) in [5, 5.41) is 9.92. The van der Waals surface area contributed by atoms with E-state index >= 15 is 0 Å². The van der Waals surface area contributed by atoms with Crippen LogP contribution in [0, 0.1) is 11.3 Å². The third-order valence-electron chi connectivity index (χ3n) is 4.18. The smallest absolute Gasteiger partial charge is 0.173 e. The first-order chi connectivity index (χ1) is 13.7. The van der Waals surface area contributed by atoms with E-state index in [4.69, 9.17) is 10.2 Å². The van der Waals surface area contributed by atoms with Crippen LogP contribution in [0.2, 0.25) is 0 Å². The molecule has 0 aliphatic carbocycles. The zero-order valence-electron chi connectivity index (χ0n) is 14.8. The first kappa shape index (κ1) is 18.5. The van der Waals surface area contributed by atoms with Crippen molar-refractivity contribution in [3.05, 3.63) is 94.9 Å². The van der Waals surface area contributed by atoms with Crippen molar-refractivity contribution in [2.24, 2.45) is 0 Å². The summed E-state index contributed by atoms with van der Waals surface area (Å²) in [4.78, 5) is 9.04. The Hall–Kier alpha value is -2.88. The van der Waals surface area contributed by atoms with Crippen LogP contribution in [0.3, 0.4) is 0 Å². The summed E-state index contributed by atoms with van der Waals surface area (Å²) in [7, 11) is 0. The lowest BCUT2D eigenvalue weighted by atomic mass is 10.1. The second-order valence-corrected chi connectivity index (χ2v) is 7.95. The first-order valence-electron chi connectivity index (χ1n) is 8.60. The molecular weight excluding hydrogens is 432 g/mol. The van der Waals surface area contributed by atoms with Crippen LogP contribution in [0.25, 0.3) is 16.9 Å². The van der Waals surface area contributed by atoms with E-state index in [0.717, 1.165) is 37.9 Å². The monoisotopic (exact) mass is 446 g/mol. The quantitative estimate of drug-likeness (QED) is 0.360. The van der Waals surface area contributed by atoms with Gasteiger partial charge >= 0.3 is 0 Å². The number of nitrogens with zero attached hydrogens (tertiary/aromatic N) is 4. The Kier molecular flexibility index (Phi) is 5.56. The predicted octanol–water partition coefficient (Wildman–Crippen LogP) is 5.86. The van der Waals surface area contributed by atoms with E-state index in [1.807, 2.05) is 54.9 Å². The van der Waals surface area contributed by atoms with Crippen molar-refractivity contribution in [3.8, 4) is 23.0 Å². The minimum absolute atomic E-state index is 0.641. The van der Waals surface area contributed by atoms with Crippen LogP contribution in [0.1, 0.15) is 11.1 Å². The number of benzene rings is 2. The Bertz CT molecular complexity index is 1110. The zero-order chi connectivity index (χ0) is 19.3. The van der Waals surface area contributed by atoms with E-state index < -0.39 is 0 Å². The highest BCUT2D eigenvalue weighted by atomic mass is 79.9. The fourth-order valence-corrected chi connectivity index (χ4v) is 3.93. The number of thioether (sulfide) groups is 1. The number of rotatable bonds is 5. The van der Waals surface area contributed by atoms with Crippen molar-refractivity contribution < 1.29 is 0 Å². The maximum absolute atomic E-state index is 9.01. The van der Waals surface area contributed by atoms with Gasteiger partial charge in [-0.25, -0.2) is 4.98 Å². The number of hydrogen-bond donors (Lipinski definition) is 0. The molecule has 0 atom stereocenters. The summed E-state index contributed by atoms with van der Waals surface area (Å²) in [6.45, 7) is 0. The molecule has 0 aliphatic rings. The molecule has 28 heavy (non-hydrogen) atoms. The van der Waals surface area contributed by atoms with Crippen molar-refractivity contribution in [3.63, 3.8) is 0 Å². The Morgan fingerprint density at radius 1 is 1.04 bits per heavy atom. The Balaban J connectivity index is 1.70. The van der Waals surface area contributed by atoms with Gasteiger partial charge in [0.15, 0.2) is 5.16 Å². The molecule has 4 rings (SSSR count). The topological polar surface area (TPSA) is 54.5 Å². The molecule has 0 unspecified atom stereocenters. The number of hydrogen-bond acceptors (Lipinski definition) is 4. The molecule has 2 aromatic heterocycles. The second kappa shape index (κ2) is 8.42. The highest BCUT2D eigenvalue weighted by Gasteiger charge is 2.12. The lowest BCUT2D eigenvalue weighted by Gasteiger charge is -2.07. The molecule has 0 radical (unpaired) electrons. The first-order valence-corrected chi connectivity index (χ1v) is 10.4. The minimum Gasteiger partial charge on any atom is -0.294 e. The van der Waals surface area contributed by atoms with Crippen LogP contribution in [0.4, 0.5) is 0 Å². The normalized spacial score (nSPS) is 10.6. The third kappa shape index (κ3) is 4.16. The molecule has 0 fully saturated rings. The van der Waals surface area contributed by atoms with E-state index in [2.05, 4.69) is 49.7 Å². The summed E-state index contributed by atoms with van der Waals surface area (Å²) < 4.78 is 3.13. The van der Waals surface area contributed by atoms with Gasteiger partial charge in [0, 0.05) is 40.1 Å². The van der Waals surface area contributed by atoms with Gasteiger partial charge in [-0.05, 0) is 48.0 Å². The molecule has 136 valence electrons. The summed E-state index contributed by atoms with van der Waals surface area (Å²) >= 11 is 5.16. The maximum Gasteiger partial charge on any atom is 0.173 e. The molecule has 2 heterocycles. The molecule has 0 saturated carbocycles. The minimum atomic E-state index is 0.641. The highest BCUT2D eigenvalue weighted by Crippen LogP contribution is 2.29. The standard InChI is InChI=1S/C22H15BrN4S/c23-19-7-9-20(10-8-19)27-14-21(18-5-3-16(12-24)4-6-18)26-22(27)28-15-17-2-1-11-25-13-17/h1-11,13-14H,15H2. The van der Waals surface area contributed by atoms with Gasteiger partial charge in [0.25, 0.3) is 0 Å². The average Bonchev–Trinajstić information content (AvgIpc) is 3.18. The number of aromatic nitrogens is 3. The number of imidazole rings is 1. The molecule has 0 spiro atoms. The molecule has 0 saturated heterocycles. The lowest BCUT2D eigenvalue weighted by molar-refractivity contribution is 0.895. The van der Waals surface area contributed by atoms with Crippen LogP contribution in [-0.2, 0) is 5.75 Å². The molecule has 0 aliphatic heterocycles. The number of halogens is 1. The fourth-order valence-electron chi connectivity index (χ4n) is 2.74. The van der Waals surface area contributed by atoms with Crippen molar-refractivity contribution in [1.82, 2.24) is 14.5 Å². The van der Waals surface area contributed by atoms with Crippen molar-refractivity contribution in [2.45, 2.75) is 10.9 Å². The highest BCUT2D eigenvalue weighted by molar-refractivity contribution is 9.10. The number of nitriles is 1. The SMILES string of the molecule is N#Cc1ccc(-c2cn(-c3ccc(Br)cc3)c(SCc3cccnc3)n2)cc1. The molecule has 4 aromatic rings. The van der Waals surface area contributed by atoms with Gasteiger partial charge in [-0.1, -0.05) is 45.9 Å². The molecule has 4 nitrogen and oxygen atoms in total. The third-order valence-corrected chi connectivity index (χ3v) is 5.73. The van der Waals surface area contributed by atoms with Crippen molar-refractivity contribution in [1.29, 1.82) is 5.26 Å². The largest absolute Gasteiger partial charge is 0.294 e. The van der Waals surface area contributed by atoms with E-state index in [1.54, 1.807) is 18.0 Å². The van der Waals surface area contributed by atoms with Gasteiger partial charge in [0.05, 0.1) is 17.3 Å². The van der Waals surface area contributed by atoms with Crippen molar-refractivity contribution in [2.75, 3.05) is 0 Å². The summed E-state index contributed by atoms with van der Waals surface area (Å²) in [6, 6.07) is 21.8. The molecule has 0 amide bonds. The fraction of sp³-hybridized carbons (Fsp3) is 0.0455. The molecular formula is C22H15BrN4S. The Labute approximate surface area is 176 Å². The van der Waals surface area contributed by atoms with Gasteiger partial charge in [-0.2, -0.15) is 5.26 Å². The van der Waals surface area contributed by atoms with Crippen LogP contribution in [0.5, 0.6) is 0 Å². The Morgan fingerprint density at radius 3 is 2.50 bits per heavy atom. The van der Waals surface area contributed by atoms with Crippen molar-refractivity contribution >= 4 is 27.7 Å². The van der Waals surface area contributed by atoms with Crippen LogP contribution in [-0.4, -0.2) is 14.5 Å². The van der Waals surface area contributed by atoms with Gasteiger partial charge in [-0.15, -0.1) is 0 Å². The van der Waals surface area contributed by atoms with Crippen LogP contribution >= 0.6 is 27.7 Å². The molecule has 0 N–H and O–H groups in total. The van der Waals surface area contributed by atoms with Crippen LogP contribution < -0.4 is 0 Å². The summed E-state index contributed by atoms with van der Waals surface area (Å²) in [6.07, 6.45) is 5.69. The van der Waals surface area contributed by atoms with Gasteiger partial charge in [0.2, 0.25) is 0 Å². The van der Waals surface area contributed by atoms with Gasteiger partial charge in [0.1, 0.15) is 0 Å². The number of pyridine rings is 1. The molecule has 2 aromatic carbocycles. The maximum atomic E-state index is 9.01. The van der Waals surface area contributed by atoms with E-state index in [9.17, 15) is 0 Å².